The zero-order valence-electron chi connectivity index (χ0n) is 11.2. The molecule has 0 N–H and O–H groups in total. The summed E-state index contributed by atoms with van der Waals surface area (Å²) in [6, 6.07) is 9.44. The van der Waals surface area contributed by atoms with Crippen molar-refractivity contribution in [3.05, 3.63) is 44.9 Å². The lowest BCUT2D eigenvalue weighted by Crippen LogP contribution is -1.95. The van der Waals surface area contributed by atoms with Gasteiger partial charge in [0.15, 0.2) is 0 Å². The zero-order valence-corrected chi connectivity index (χ0v) is 12.8. The van der Waals surface area contributed by atoms with Gasteiger partial charge in [0.05, 0.1) is 18.2 Å². The number of aryl methyl sites for hydroxylation is 1. The molecule has 0 saturated carbocycles. The highest BCUT2D eigenvalue weighted by molar-refractivity contribution is 7.11. The highest BCUT2D eigenvalue weighted by Gasteiger charge is 2.10. The lowest BCUT2D eigenvalue weighted by atomic mass is 10.2. The maximum atomic E-state index is 8.84. The van der Waals surface area contributed by atoms with E-state index >= 15 is 0 Å². The van der Waals surface area contributed by atoms with Crippen LogP contribution in [0.4, 0.5) is 0 Å². The average Bonchev–Trinajstić information content (AvgIpc) is 2.82. The van der Waals surface area contributed by atoms with Crippen LogP contribution in [0.5, 0.6) is 5.75 Å². The molecule has 0 radical (unpaired) electrons. The Kier molecular flexibility index (Phi) is 5.40. The first-order chi connectivity index (χ1) is 9.72. The number of halogens is 1. The van der Waals surface area contributed by atoms with Gasteiger partial charge in [0, 0.05) is 9.90 Å². The normalized spacial score (nSPS) is 10.2. The topological polar surface area (TPSA) is 45.9 Å². The summed E-state index contributed by atoms with van der Waals surface area (Å²) in [6.07, 6.45) is 2.36. The van der Waals surface area contributed by atoms with Gasteiger partial charge in [-0.15, -0.1) is 11.3 Å². The molecular formula is C15H15ClN2OS. The van der Waals surface area contributed by atoms with Gasteiger partial charge in [-0.2, -0.15) is 5.26 Å². The highest BCUT2D eigenvalue weighted by atomic mass is 35.5. The van der Waals surface area contributed by atoms with Crippen LogP contribution in [0.3, 0.4) is 0 Å². The Labute approximate surface area is 127 Å². The fraction of sp³-hybridized carbons (Fsp3) is 0.333. The number of aromatic nitrogens is 1. The minimum Gasteiger partial charge on any atom is -0.486 e. The second-order valence-corrected chi connectivity index (χ2v) is 5.91. The van der Waals surface area contributed by atoms with E-state index < -0.39 is 0 Å². The fourth-order valence-electron chi connectivity index (χ4n) is 1.82. The molecule has 0 bridgehead atoms. The van der Waals surface area contributed by atoms with E-state index in [1.165, 1.54) is 0 Å². The van der Waals surface area contributed by atoms with Crippen LogP contribution in [0.2, 0.25) is 5.02 Å². The predicted molar refractivity (Wildman–Crippen MR) is 81.2 cm³/mol. The van der Waals surface area contributed by atoms with Gasteiger partial charge in [-0.3, -0.25) is 0 Å². The molecule has 1 heterocycles. The van der Waals surface area contributed by atoms with Crippen molar-refractivity contribution in [3.63, 3.8) is 0 Å². The van der Waals surface area contributed by atoms with Crippen molar-refractivity contribution >= 4 is 22.9 Å². The number of ether oxygens (including phenoxy) is 1. The van der Waals surface area contributed by atoms with Crippen LogP contribution in [-0.4, -0.2) is 4.98 Å². The summed E-state index contributed by atoms with van der Waals surface area (Å²) < 4.78 is 5.68. The predicted octanol–water partition coefficient (Wildman–Crippen LogP) is 4.39. The van der Waals surface area contributed by atoms with Crippen LogP contribution >= 0.6 is 22.9 Å². The number of hydrogen-bond donors (Lipinski definition) is 0. The first-order valence-corrected chi connectivity index (χ1v) is 7.65. The summed E-state index contributed by atoms with van der Waals surface area (Å²) in [5.74, 6) is 0.767. The molecule has 1 aromatic carbocycles. The summed E-state index contributed by atoms with van der Waals surface area (Å²) in [4.78, 5) is 5.63. The Balaban J connectivity index is 2.04. The van der Waals surface area contributed by atoms with Crippen molar-refractivity contribution in [1.82, 2.24) is 4.98 Å². The molecule has 5 heteroatoms. The average molecular weight is 307 g/mol. The number of nitriles is 1. The van der Waals surface area contributed by atoms with Gasteiger partial charge in [0.2, 0.25) is 0 Å². The van der Waals surface area contributed by atoms with Crippen molar-refractivity contribution < 1.29 is 4.74 Å². The van der Waals surface area contributed by atoms with Crippen molar-refractivity contribution in [2.24, 2.45) is 0 Å². The molecule has 0 spiro atoms. The molecule has 2 aromatic rings. The molecular weight excluding hydrogens is 292 g/mol. The van der Waals surface area contributed by atoms with E-state index in [0.29, 0.717) is 18.1 Å². The molecule has 0 amide bonds. The molecule has 0 aliphatic heterocycles. The van der Waals surface area contributed by atoms with E-state index in [4.69, 9.17) is 21.6 Å². The third-order valence-electron chi connectivity index (χ3n) is 2.72. The number of hydrogen-bond acceptors (Lipinski definition) is 4. The molecule has 0 saturated heterocycles. The molecule has 0 atom stereocenters. The van der Waals surface area contributed by atoms with Crippen LogP contribution < -0.4 is 4.74 Å². The van der Waals surface area contributed by atoms with E-state index in [-0.39, 0.29) is 0 Å². The second kappa shape index (κ2) is 7.28. The fourth-order valence-corrected chi connectivity index (χ4v) is 2.90. The number of rotatable bonds is 6. The van der Waals surface area contributed by atoms with E-state index in [1.54, 1.807) is 23.5 Å². The first kappa shape index (κ1) is 14.8. The van der Waals surface area contributed by atoms with E-state index in [1.807, 2.05) is 12.1 Å². The van der Waals surface area contributed by atoms with E-state index in [9.17, 15) is 0 Å². The van der Waals surface area contributed by atoms with Crippen molar-refractivity contribution in [1.29, 1.82) is 5.26 Å². The van der Waals surface area contributed by atoms with E-state index in [0.717, 1.165) is 34.2 Å². The van der Waals surface area contributed by atoms with Gasteiger partial charge in [-0.1, -0.05) is 24.9 Å². The second-order valence-electron chi connectivity index (χ2n) is 4.30. The summed E-state index contributed by atoms with van der Waals surface area (Å²) in [7, 11) is 0. The molecule has 3 nitrogen and oxygen atoms in total. The minimum absolute atomic E-state index is 0.425. The number of thiazole rings is 1. The monoisotopic (exact) mass is 306 g/mol. The lowest BCUT2D eigenvalue weighted by molar-refractivity contribution is 0.305. The van der Waals surface area contributed by atoms with Crippen molar-refractivity contribution in [2.45, 2.75) is 32.8 Å². The molecule has 0 unspecified atom stereocenters. The smallest absolute Gasteiger partial charge is 0.140 e. The summed E-state index contributed by atoms with van der Waals surface area (Å²) >= 11 is 7.39. The number of nitrogens with zero attached hydrogens (tertiary/aromatic N) is 2. The number of benzene rings is 1. The van der Waals surface area contributed by atoms with Crippen LogP contribution in [-0.2, 0) is 19.4 Å². The summed E-state index contributed by atoms with van der Waals surface area (Å²) in [5, 5.41) is 10.4. The Morgan fingerprint density at radius 1 is 1.35 bits per heavy atom. The van der Waals surface area contributed by atoms with Crippen LogP contribution in [0, 0.1) is 11.3 Å². The van der Waals surface area contributed by atoms with Gasteiger partial charge in [0.25, 0.3) is 0 Å². The SMILES string of the molecule is CCCc1nc(COc2ccc(Cl)cc2)sc1CC#N. The van der Waals surface area contributed by atoms with Crippen molar-refractivity contribution in [2.75, 3.05) is 0 Å². The van der Waals surface area contributed by atoms with Crippen LogP contribution in [0.15, 0.2) is 24.3 Å². The molecule has 0 fully saturated rings. The molecule has 2 rings (SSSR count). The Bertz CT molecular complexity index is 601. The highest BCUT2D eigenvalue weighted by Crippen LogP contribution is 2.23. The zero-order chi connectivity index (χ0) is 14.4. The third-order valence-corrected chi connectivity index (χ3v) is 4.05. The van der Waals surface area contributed by atoms with Crippen LogP contribution in [0.1, 0.15) is 28.9 Å². The Morgan fingerprint density at radius 3 is 2.75 bits per heavy atom. The Hall–Kier alpha value is -1.57. The lowest BCUT2D eigenvalue weighted by Gasteiger charge is -2.03. The third kappa shape index (κ3) is 3.96. The summed E-state index contributed by atoms with van der Waals surface area (Å²) in [5.41, 5.74) is 1.04. The van der Waals surface area contributed by atoms with E-state index in [2.05, 4.69) is 18.0 Å². The van der Waals surface area contributed by atoms with Gasteiger partial charge in [-0.25, -0.2) is 4.98 Å². The molecule has 104 valence electrons. The van der Waals surface area contributed by atoms with Crippen molar-refractivity contribution in [3.8, 4) is 11.8 Å². The molecule has 0 aliphatic carbocycles. The maximum absolute atomic E-state index is 8.84. The molecule has 1 aromatic heterocycles. The van der Waals surface area contributed by atoms with Gasteiger partial charge < -0.3 is 4.74 Å². The molecule has 0 aliphatic rings. The Morgan fingerprint density at radius 2 is 2.10 bits per heavy atom. The standard InChI is InChI=1S/C15H15ClN2OS/c1-2-3-13-14(8-9-17)20-15(18-13)10-19-12-6-4-11(16)5-7-12/h4-7H,2-3,8,10H2,1H3. The quantitative estimate of drug-likeness (QED) is 0.795. The van der Waals surface area contributed by atoms with Gasteiger partial charge in [-0.05, 0) is 30.7 Å². The first-order valence-electron chi connectivity index (χ1n) is 6.45. The van der Waals surface area contributed by atoms with Gasteiger partial charge >= 0.3 is 0 Å². The maximum Gasteiger partial charge on any atom is 0.140 e. The van der Waals surface area contributed by atoms with Crippen LogP contribution in [0.25, 0.3) is 0 Å². The summed E-state index contributed by atoms with van der Waals surface area (Å²) in [6.45, 7) is 2.54. The largest absolute Gasteiger partial charge is 0.486 e. The molecule has 20 heavy (non-hydrogen) atoms. The van der Waals surface area contributed by atoms with Gasteiger partial charge in [0.1, 0.15) is 17.4 Å². The minimum atomic E-state index is 0.425.